The molecule has 0 atom stereocenters. The fourth-order valence-electron chi connectivity index (χ4n) is 2.46. The number of carbonyl (C=O) groups is 1. The van der Waals surface area contributed by atoms with Crippen LogP contribution in [-0.2, 0) is 12.7 Å². The summed E-state index contributed by atoms with van der Waals surface area (Å²) in [5, 5.41) is 7.74. The van der Waals surface area contributed by atoms with Crippen LogP contribution < -0.4 is 5.32 Å². The number of halogens is 3. The first-order valence-electron chi connectivity index (χ1n) is 7.67. The van der Waals surface area contributed by atoms with E-state index in [1.807, 2.05) is 6.92 Å². The zero-order valence-corrected chi connectivity index (χ0v) is 14.8. The van der Waals surface area contributed by atoms with Crippen LogP contribution in [0.4, 0.5) is 13.2 Å². The van der Waals surface area contributed by atoms with Crippen molar-refractivity contribution >= 4 is 17.2 Å². The molecule has 0 saturated carbocycles. The van der Waals surface area contributed by atoms with Gasteiger partial charge in [0.2, 0.25) is 0 Å². The monoisotopic (exact) mass is 380 g/mol. The summed E-state index contributed by atoms with van der Waals surface area (Å²) in [5.41, 5.74) is 0.247. The second kappa shape index (κ2) is 6.91. The average molecular weight is 380 g/mol. The molecule has 0 aliphatic carbocycles. The fraction of sp³-hybridized carbons (Fsp3) is 0.235. The van der Waals surface area contributed by atoms with Gasteiger partial charge in [-0.05, 0) is 32.0 Å². The van der Waals surface area contributed by atoms with E-state index >= 15 is 0 Å². The molecule has 26 heavy (non-hydrogen) atoms. The van der Waals surface area contributed by atoms with Crippen molar-refractivity contribution in [3.8, 4) is 5.69 Å². The zero-order valence-electron chi connectivity index (χ0n) is 14.0. The number of amides is 1. The highest BCUT2D eigenvalue weighted by Gasteiger charge is 2.30. The SMILES string of the molecule is Cc1ncc(CNC(=O)c2cnn(-c3cccc(C(F)(F)F)c3)c2C)s1. The summed E-state index contributed by atoms with van der Waals surface area (Å²) < 4.78 is 40.0. The highest BCUT2D eigenvalue weighted by atomic mass is 32.1. The van der Waals surface area contributed by atoms with Gasteiger partial charge in [0, 0.05) is 11.1 Å². The molecule has 5 nitrogen and oxygen atoms in total. The lowest BCUT2D eigenvalue weighted by Gasteiger charge is -2.10. The van der Waals surface area contributed by atoms with Crippen LogP contribution in [-0.4, -0.2) is 20.7 Å². The number of nitrogens with zero attached hydrogens (tertiary/aromatic N) is 3. The molecule has 0 fully saturated rings. The maximum absolute atomic E-state index is 12.9. The van der Waals surface area contributed by atoms with Gasteiger partial charge in [-0.15, -0.1) is 11.3 Å². The third-order valence-electron chi connectivity index (χ3n) is 3.76. The van der Waals surface area contributed by atoms with Crippen LogP contribution in [0, 0.1) is 13.8 Å². The van der Waals surface area contributed by atoms with E-state index in [4.69, 9.17) is 0 Å². The molecule has 136 valence electrons. The first-order chi connectivity index (χ1) is 12.3. The topological polar surface area (TPSA) is 59.8 Å². The molecule has 1 N–H and O–H groups in total. The first kappa shape index (κ1) is 18.1. The Morgan fingerprint density at radius 2 is 2.04 bits per heavy atom. The van der Waals surface area contributed by atoms with E-state index in [2.05, 4.69) is 15.4 Å². The van der Waals surface area contributed by atoms with Gasteiger partial charge in [-0.25, -0.2) is 9.67 Å². The third-order valence-corrected chi connectivity index (χ3v) is 4.68. The van der Waals surface area contributed by atoms with E-state index in [1.165, 1.54) is 34.3 Å². The van der Waals surface area contributed by atoms with Crippen LogP contribution in [0.1, 0.15) is 31.5 Å². The summed E-state index contributed by atoms with van der Waals surface area (Å²) >= 11 is 1.48. The Morgan fingerprint density at radius 1 is 1.27 bits per heavy atom. The number of thiazole rings is 1. The summed E-state index contributed by atoms with van der Waals surface area (Å²) in [6.45, 7) is 3.84. The maximum atomic E-state index is 12.9. The minimum atomic E-state index is -4.44. The molecule has 0 aliphatic rings. The predicted octanol–water partition coefficient (Wildman–Crippen LogP) is 3.89. The lowest BCUT2D eigenvalue weighted by Crippen LogP contribution is -2.22. The maximum Gasteiger partial charge on any atom is 0.416 e. The number of rotatable bonds is 4. The second-order valence-electron chi connectivity index (χ2n) is 5.63. The van der Waals surface area contributed by atoms with Crippen molar-refractivity contribution in [1.82, 2.24) is 20.1 Å². The van der Waals surface area contributed by atoms with Crippen molar-refractivity contribution in [1.29, 1.82) is 0 Å². The normalized spacial score (nSPS) is 11.6. The van der Waals surface area contributed by atoms with Crippen molar-refractivity contribution in [3.63, 3.8) is 0 Å². The van der Waals surface area contributed by atoms with E-state index < -0.39 is 11.7 Å². The van der Waals surface area contributed by atoms with Gasteiger partial charge in [0.15, 0.2) is 0 Å². The second-order valence-corrected chi connectivity index (χ2v) is 6.95. The van der Waals surface area contributed by atoms with Crippen molar-refractivity contribution in [2.45, 2.75) is 26.6 Å². The molecule has 2 aromatic heterocycles. The molecule has 1 aromatic carbocycles. The molecule has 0 saturated heterocycles. The summed E-state index contributed by atoms with van der Waals surface area (Å²) in [7, 11) is 0. The largest absolute Gasteiger partial charge is 0.416 e. The average Bonchev–Trinajstić information content (AvgIpc) is 3.18. The van der Waals surface area contributed by atoms with Gasteiger partial charge in [-0.1, -0.05) is 6.07 Å². The molecule has 0 bridgehead atoms. The van der Waals surface area contributed by atoms with Crippen LogP contribution in [0.15, 0.2) is 36.7 Å². The van der Waals surface area contributed by atoms with Gasteiger partial charge in [0.25, 0.3) is 5.91 Å². The summed E-state index contributed by atoms with van der Waals surface area (Å²) in [4.78, 5) is 17.4. The van der Waals surface area contributed by atoms with Gasteiger partial charge in [-0.3, -0.25) is 4.79 Å². The molecule has 0 spiro atoms. The van der Waals surface area contributed by atoms with E-state index in [0.29, 0.717) is 17.8 Å². The van der Waals surface area contributed by atoms with Crippen molar-refractivity contribution < 1.29 is 18.0 Å². The molecule has 0 radical (unpaired) electrons. The summed E-state index contributed by atoms with van der Waals surface area (Å²) in [6.07, 6.45) is -1.40. The number of nitrogens with one attached hydrogen (secondary N) is 1. The molecule has 0 unspecified atom stereocenters. The summed E-state index contributed by atoms with van der Waals surface area (Å²) in [5.74, 6) is -0.341. The van der Waals surface area contributed by atoms with Crippen molar-refractivity contribution in [2.75, 3.05) is 0 Å². The number of hydrogen-bond acceptors (Lipinski definition) is 4. The molecule has 3 rings (SSSR count). The van der Waals surface area contributed by atoms with Gasteiger partial charge in [-0.2, -0.15) is 18.3 Å². The molecular weight excluding hydrogens is 365 g/mol. The molecule has 2 heterocycles. The smallest absolute Gasteiger partial charge is 0.347 e. The first-order valence-corrected chi connectivity index (χ1v) is 8.49. The molecule has 3 aromatic rings. The lowest BCUT2D eigenvalue weighted by molar-refractivity contribution is -0.137. The van der Waals surface area contributed by atoms with Crippen LogP contribution >= 0.6 is 11.3 Å². The number of hydrogen-bond donors (Lipinski definition) is 1. The van der Waals surface area contributed by atoms with Crippen LogP contribution in [0.3, 0.4) is 0 Å². The van der Waals surface area contributed by atoms with Gasteiger partial charge in [0.1, 0.15) is 0 Å². The van der Waals surface area contributed by atoms with E-state index in [1.54, 1.807) is 13.1 Å². The zero-order chi connectivity index (χ0) is 18.9. The minimum absolute atomic E-state index is 0.245. The van der Waals surface area contributed by atoms with Crippen LogP contribution in [0.5, 0.6) is 0 Å². The van der Waals surface area contributed by atoms with Gasteiger partial charge >= 0.3 is 6.18 Å². The van der Waals surface area contributed by atoms with E-state index in [-0.39, 0.29) is 11.6 Å². The number of aromatic nitrogens is 3. The highest BCUT2D eigenvalue weighted by molar-refractivity contribution is 7.11. The Morgan fingerprint density at radius 3 is 2.69 bits per heavy atom. The minimum Gasteiger partial charge on any atom is -0.347 e. The van der Waals surface area contributed by atoms with Crippen LogP contribution in [0.2, 0.25) is 0 Å². The molecule has 1 amide bonds. The highest BCUT2D eigenvalue weighted by Crippen LogP contribution is 2.30. The molecule has 9 heteroatoms. The number of alkyl halides is 3. The Kier molecular flexibility index (Phi) is 4.82. The van der Waals surface area contributed by atoms with Crippen molar-refractivity contribution in [3.05, 3.63) is 63.4 Å². The predicted molar refractivity (Wildman–Crippen MR) is 91.3 cm³/mol. The third kappa shape index (κ3) is 3.77. The van der Waals surface area contributed by atoms with E-state index in [0.717, 1.165) is 22.0 Å². The molecule has 0 aliphatic heterocycles. The standard InChI is InChI=1S/C17H15F3N4OS/c1-10-15(16(25)22-8-14-7-21-11(2)26-14)9-23-24(10)13-5-3-4-12(6-13)17(18,19)20/h3-7,9H,8H2,1-2H3,(H,22,25). The Hall–Kier alpha value is -2.68. The lowest BCUT2D eigenvalue weighted by atomic mass is 10.2. The van der Waals surface area contributed by atoms with E-state index in [9.17, 15) is 18.0 Å². The quantitative estimate of drug-likeness (QED) is 0.747. The molecular formula is C17H15F3N4OS. The van der Waals surface area contributed by atoms with Crippen molar-refractivity contribution in [2.24, 2.45) is 0 Å². The van der Waals surface area contributed by atoms with Gasteiger partial charge < -0.3 is 5.32 Å². The Bertz CT molecular complexity index is 946. The number of benzene rings is 1. The fourth-order valence-corrected chi connectivity index (χ4v) is 3.19. The summed E-state index contributed by atoms with van der Waals surface area (Å²) in [6, 6.07) is 4.82. The number of aryl methyl sites for hydroxylation is 1. The van der Waals surface area contributed by atoms with Crippen LogP contribution in [0.25, 0.3) is 5.69 Å². The Labute approximate surface area is 151 Å². The van der Waals surface area contributed by atoms with Gasteiger partial charge in [0.05, 0.1) is 40.3 Å². The Balaban J connectivity index is 1.80. The number of carbonyl (C=O) groups excluding carboxylic acids is 1.